The summed E-state index contributed by atoms with van der Waals surface area (Å²) in [5, 5.41) is 11.1. The summed E-state index contributed by atoms with van der Waals surface area (Å²) in [7, 11) is 0. The number of hydrogen-bond donors (Lipinski definition) is 2. The molecule has 246 valence electrons. The number of benzene rings is 3. The average molecular weight is 682 g/mol. The number of alkyl halides is 3. The molecule has 0 unspecified atom stereocenters. The minimum Gasteiger partial charge on any atom is -0.490 e. The van der Waals surface area contributed by atoms with Gasteiger partial charge in [-0.15, -0.1) is 13.2 Å². The van der Waals surface area contributed by atoms with Crippen LogP contribution in [0.1, 0.15) is 36.0 Å². The number of aryl methyl sites for hydroxylation is 1. The molecule has 1 saturated carbocycles. The molecule has 13 heteroatoms. The van der Waals surface area contributed by atoms with Crippen molar-refractivity contribution >= 4 is 41.2 Å². The number of carbonyl (C=O) groups is 2. The maximum absolute atomic E-state index is 13.9. The van der Waals surface area contributed by atoms with E-state index in [0.717, 1.165) is 36.1 Å². The molecule has 0 spiro atoms. The lowest BCUT2D eigenvalue weighted by atomic mass is 9.93. The molecule has 46 heavy (non-hydrogen) atoms. The van der Waals surface area contributed by atoms with Crippen molar-refractivity contribution in [2.24, 2.45) is 0 Å². The van der Waals surface area contributed by atoms with Gasteiger partial charge in [-0.05, 0) is 91.4 Å². The van der Waals surface area contributed by atoms with Crippen LogP contribution in [0.5, 0.6) is 17.2 Å². The molecule has 0 bridgehead atoms. The minimum atomic E-state index is -4.78. The maximum Gasteiger partial charge on any atom is 0.573 e. The number of amides is 1. The molecule has 1 aliphatic heterocycles. The van der Waals surface area contributed by atoms with Crippen molar-refractivity contribution in [3.63, 3.8) is 0 Å². The summed E-state index contributed by atoms with van der Waals surface area (Å²) in [6.45, 7) is 3.52. The van der Waals surface area contributed by atoms with Crippen LogP contribution in [0, 0.1) is 6.92 Å². The Morgan fingerprint density at radius 1 is 1.02 bits per heavy atom. The smallest absolute Gasteiger partial charge is 0.490 e. The summed E-state index contributed by atoms with van der Waals surface area (Å²) >= 11 is 12.5. The standard InChI is InChI=1S/C32H31Cl2F3N2O4.CH2O2/c1-20-15-28(33)30(29(34)16-20)42-14-13-41-24-9-5-22(6-10-24)26-11-12-38-18-27(26)31(40)39(23-7-8-23)19-21-3-2-4-25(17-21)43-32(35,36)37;2-1-3/h2-6,9-10,15-17,23,38H,7-8,11-14,18-19H2,1H3;1H,(H,2,3). The van der Waals surface area contributed by atoms with Gasteiger partial charge in [0.1, 0.15) is 24.7 Å². The van der Waals surface area contributed by atoms with Crippen LogP contribution < -0.4 is 19.5 Å². The zero-order chi connectivity index (χ0) is 33.3. The van der Waals surface area contributed by atoms with Gasteiger partial charge in [-0.1, -0.05) is 47.5 Å². The first kappa shape index (κ1) is 34.9. The van der Waals surface area contributed by atoms with Crippen molar-refractivity contribution in [3.8, 4) is 17.2 Å². The minimum absolute atomic E-state index is 0.0537. The van der Waals surface area contributed by atoms with Gasteiger partial charge in [0, 0.05) is 24.7 Å². The van der Waals surface area contributed by atoms with Gasteiger partial charge in [0.15, 0.2) is 5.75 Å². The average Bonchev–Trinajstić information content (AvgIpc) is 3.84. The van der Waals surface area contributed by atoms with Crippen molar-refractivity contribution in [1.82, 2.24) is 10.2 Å². The molecule has 3 aromatic carbocycles. The van der Waals surface area contributed by atoms with E-state index in [-0.39, 0.29) is 43.9 Å². The van der Waals surface area contributed by atoms with Crippen LogP contribution in [-0.4, -0.2) is 61.1 Å². The van der Waals surface area contributed by atoms with Crippen molar-refractivity contribution in [1.29, 1.82) is 0 Å². The molecule has 0 aromatic heterocycles. The van der Waals surface area contributed by atoms with Crippen molar-refractivity contribution in [3.05, 3.63) is 93.0 Å². The fraction of sp³-hybridized carbons (Fsp3) is 0.333. The van der Waals surface area contributed by atoms with Gasteiger partial charge in [0.2, 0.25) is 0 Å². The molecule has 1 fully saturated rings. The molecule has 0 atom stereocenters. The number of nitrogens with one attached hydrogen (secondary N) is 1. The lowest BCUT2D eigenvalue weighted by Crippen LogP contribution is -2.39. The number of rotatable bonds is 11. The highest BCUT2D eigenvalue weighted by Crippen LogP contribution is 2.35. The Kier molecular flexibility index (Phi) is 12.2. The van der Waals surface area contributed by atoms with Gasteiger partial charge in [-0.3, -0.25) is 9.59 Å². The third-order valence-corrected chi connectivity index (χ3v) is 7.71. The molecule has 0 saturated heterocycles. The highest BCUT2D eigenvalue weighted by Gasteiger charge is 2.36. The maximum atomic E-state index is 13.9. The van der Waals surface area contributed by atoms with Crippen LogP contribution in [0.15, 0.2) is 66.2 Å². The van der Waals surface area contributed by atoms with Crippen LogP contribution >= 0.6 is 23.2 Å². The second-order valence-corrected chi connectivity index (χ2v) is 11.4. The monoisotopic (exact) mass is 680 g/mol. The van der Waals surface area contributed by atoms with E-state index in [2.05, 4.69) is 10.1 Å². The Bertz CT molecular complexity index is 1520. The molecule has 1 heterocycles. The largest absolute Gasteiger partial charge is 0.573 e. The summed E-state index contributed by atoms with van der Waals surface area (Å²) in [5.41, 5.74) is 4.04. The molecule has 5 rings (SSSR count). The number of carboxylic acid groups (broad SMARTS) is 1. The summed E-state index contributed by atoms with van der Waals surface area (Å²) < 4.78 is 53.8. The van der Waals surface area contributed by atoms with E-state index in [9.17, 15) is 18.0 Å². The van der Waals surface area contributed by atoms with Crippen molar-refractivity contribution < 1.29 is 42.1 Å². The number of halogens is 5. The fourth-order valence-electron chi connectivity index (χ4n) is 5.05. The third kappa shape index (κ3) is 10.0. The number of carbonyl (C=O) groups excluding carboxylic acids is 1. The Hall–Kier alpha value is -3.93. The molecule has 2 N–H and O–H groups in total. The topological polar surface area (TPSA) is 97.3 Å². The first-order valence-electron chi connectivity index (χ1n) is 14.5. The normalized spacial score (nSPS) is 14.6. The molecule has 8 nitrogen and oxygen atoms in total. The molecule has 3 aromatic rings. The summed E-state index contributed by atoms with van der Waals surface area (Å²) in [5.74, 6) is 0.656. The SMILES string of the molecule is Cc1cc(Cl)c(OCCOc2ccc(C3=C(C(=O)N(Cc4cccc(OC(F)(F)F)c4)C4CC4)CNCC3)cc2)c(Cl)c1.O=CO. The second kappa shape index (κ2) is 16.1. The van der Waals surface area contributed by atoms with Crippen LogP contribution in [-0.2, 0) is 16.1 Å². The van der Waals surface area contributed by atoms with Gasteiger partial charge in [0.25, 0.3) is 12.4 Å². The van der Waals surface area contributed by atoms with Crippen molar-refractivity contribution in [2.45, 2.75) is 45.1 Å². The predicted molar refractivity (Wildman–Crippen MR) is 168 cm³/mol. The predicted octanol–water partition coefficient (Wildman–Crippen LogP) is 7.30. The number of nitrogens with zero attached hydrogens (tertiary/aromatic N) is 1. The van der Waals surface area contributed by atoms with Gasteiger partial charge >= 0.3 is 6.36 Å². The van der Waals surface area contributed by atoms with Crippen LogP contribution in [0.4, 0.5) is 13.2 Å². The Balaban J connectivity index is 0.00000154. The van der Waals surface area contributed by atoms with Gasteiger partial charge in [0.05, 0.1) is 10.0 Å². The third-order valence-electron chi connectivity index (χ3n) is 7.15. The zero-order valence-corrected chi connectivity index (χ0v) is 26.4. The summed E-state index contributed by atoms with van der Waals surface area (Å²) in [4.78, 5) is 24.0. The molecular formula is C33H33Cl2F3N2O6. The first-order chi connectivity index (χ1) is 22.0. The van der Waals surface area contributed by atoms with Crippen LogP contribution in [0.2, 0.25) is 10.0 Å². The van der Waals surface area contributed by atoms with E-state index in [4.69, 9.17) is 42.6 Å². The van der Waals surface area contributed by atoms with E-state index >= 15 is 0 Å². The van der Waals surface area contributed by atoms with Gasteiger partial charge in [-0.25, -0.2) is 0 Å². The lowest BCUT2D eigenvalue weighted by molar-refractivity contribution is -0.274. The Morgan fingerprint density at radius 2 is 1.67 bits per heavy atom. The highest BCUT2D eigenvalue weighted by atomic mass is 35.5. The van der Waals surface area contributed by atoms with Gasteiger partial charge in [-0.2, -0.15) is 0 Å². The Labute approximate surface area is 274 Å². The molecule has 1 amide bonds. The first-order valence-corrected chi connectivity index (χ1v) is 15.2. The van der Waals surface area contributed by atoms with E-state index in [1.807, 2.05) is 31.2 Å². The van der Waals surface area contributed by atoms with Gasteiger partial charge < -0.3 is 29.5 Å². The number of hydrogen-bond acceptors (Lipinski definition) is 6. The second-order valence-electron chi connectivity index (χ2n) is 10.6. The lowest BCUT2D eigenvalue weighted by Gasteiger charge is -2.28. The summed E-state index contributed by atoms with van der Waals surface area (Å²) in [6.07, 6.45) is -2.39. The highest BCUT2D eigenvalue weighted by molar-refractivity contribution is 6.37. The molecule has 1 aliphatic carbocycles. The van der Waals surface area contributed by atoms with Crippen LogP contribution in [0.25, 0.3) is 5.57 Å². The van der Waals surface area contributed by atoms with Crippen molar-refractivity contribution in [2.75, 3.05) is 26.3 Å². The van der Waals surface area contributed by atoms with E-state index in [1.165, 1.54) is 18.2 Å². The quantitative estimate of drug-likeness (QED) is 0.162. The zero-order valence-electron chi connectivity index (χ0n) is 24.9. The molecular weight excluding hydrogens is 648 g/mol. The fourth-order valence-corrected chi connectivity index (χ4v) is 5.76. The molecule has 2 aliphatic rings. The molecule has 0 radical (unpaired) electrons. The van der Waals surface area contributed by atoms with Crippen LogP contribution in [0.3, 0.4) is 0 Å². The summed E-state index contributed by atoms with van der Waals surface area (Å²) in [6, 6.07) is 17.0. The van der Waals surface area contributed by atoms with E-state index < -0.39 is 6.36 Å². The van der Waals surface area contributed by atoms with E-state index in [0.29, 0.717) is 45.6 Å². The Morgan fingerprint density at radius 3 is 2.30 bits per heavy atom. The van der Waals surface area contributed by atoms with E-state index in [1.54, 1.807) is 23.1 Å². The number of ether oxygens (including phenoxy) is 3.